The monoisotopic (exact) mass is 252 g/mol. The average molecular weight is 252 g/mol. The topological polar surface area (TPSA) is 42.7 Å². The molecule has 0 bridgehead atoms. The summed E-state index contributed by atoms with van der Waals surface area (Å²) in [6.45, 7) is 11.9. The first-order valence-corrected chi connectivity index (χ1v) is 7.24. The molecule has 1 heterocycles. The molecule has 104 valence electrons. The molecule has 1 rings (SSSR count). The summed E-state index contributed by atoms with van der Waals surface area (Å²) in [5.41, 5.74) is 0. The van der Waals surface area contributed by atoms with Crippen LogP contribution in [0.5, 0.6) is 0 Å². The van der Waals surface area contributed by atoms with Gasteiger partial charge in [0.15, 0.2) is 0 Å². The van der Waals surface area contributed by atoms with Crippen molar-refractivity contribution in [3.8, 4) is 0 Å². The zero-order valence-corrected chi connectivity index (χ0v) is 12.3. The molecule has 0 radical (unpaired) electrons. The maximum Gasteiger partial charge on any atom is 0.138 e. The van der Waals surface area contributed by atoms with Gasteiger partial charge in [0.05, 0.1) is 0 Å². The molecular formula is C14H28N4. The normalized spacial score (nSPS) is 13.2. The minimum Gasteiger partial charge on any atom is -0.317 e. The van der Waals surface area contributed by atoms with Crippen molar-refractivity contribution in [3.63, 3.8) is 0 Å². The van der Waals surface area contributed by atoms with Crippen LogP contribution in [0.25, 0.3) is 0 Å². The van der Waals surface area contributed by atoms with E-state index in [9.17, 15) is 0 Å². The molecule has 1 unspecified atom stereocenters. The first-order chi connectivity index (χ1) is 8.67. The zero-order valence-electron chi connectivity index (χ0n) is 12.3. The Balaban J connectivity index is 2.59. The molecule has 4 nitrogen and oxygen atoms in total. The van der Waals surface area contributed by atoms with Crippen molar-refractivity contribution in [1.29, 1.82) is 0 Å². The Morgan fingerprint density at radius 2 is 2.11 bits per heavy atom. The van der Waals surface area contributed by atoms with Gasteiger partial charge in [-0.25, -0.2) is 9.67 Å². The first-order valence-electron chi connectivity index (χ1n) is 7.24. The predicted octanol–water partition coefficient (Wildman–Crippen LogP) is 2.50. The Morgan fingerprint density at radius 1 is 1.33 bits per heavy atom. The van der Waals surface area contributed by atoms with Gasteiger partial charge < -0.3 is 5.32 Å². The van der Waals surface area contributed by atoms with Gasteiger partial charge in [-0.15, -0.1) is 0 Å². The maximum absolute atomic E-state index is 4.42. The fourth-order valence-corrected chi connectivity index (χ4v) is 2.24. The molecule has 1 N–H and O–H groups in total. The van der Waals surface area contributed by atoms with Crippen LogP contribution in [0.2, 0.25) is 0 Å². The number of hydrogen-bond acceptors (Lipinski definition) is 3. The predicted molar refractivity (Wildman–Crippen MR) is 75.5 cm³/mol. The van der Waals surface area contributed by atoms with Crippen molar-refractivity contribution in [3.05, 3.63) is 12.2 Å². The third-order valence-electron chi connectivity index (χ3n) is 3.08. The highest BCUT2D eigenvalue weighted by atomic mass is 15.3. The van der Waals surface area contributed by atoms with E-state index in [1.165, 1.54) is 12.8 Å². The Hall–Kier alpha value is -0.900. The maximum atomic E-state index is 4.42. The van der Waals surface area contributed by atoms with Gasteiger partial charge in [-0.1, -0.05) is 34.1 Å². The second-order valence-electron chi connectivity index (χ2n) is 5.42. The SMILES string of the molecule is CCCC(CNCC)Cc1ncnn1CC(C)C. The summed E-state index contributed by atoms with van der Waals surface area (Å²) in [4.78, 5) is 4.42. The molecule has 1 aromatic heterocycles. The summed E-state index contributed by atoms with van der Waals surface area (Å²) >= 11 is 0. The van der Waals surface area contributed by atoms with E-state index in [-0.39, 0.29) is 0 Å². The molecule has 0 aliphatic heterocycles. The summed E-state index contributed by atoms with van der Waals surface area (Å²) in [7, 11) is 0. The van der Waals surface area contributed by atoms with E-state index in [1.54, 1.807) is 6.33 Å². The molecule has 0 fully saturated rings. The quantitative estimate of drug-likeness (QED) is 0.734. The van der Waals surface area contributed by atoms with Crippen LogP contribution in [0.15, 0.2) is 6.33 Å². The summed E-state index contributed by atoms with van der Waals surface area (Å²) in [6.07, 6.45) is 5.21. The molecule has 1 aromatic rings. The summed E-state index contributed by atoms with van der Waals surface area (Å²) < 4.78 is 2.07. The van der Waals surface area contributed by atoms with E-state index in [0.717, 1.165) is 31.9 Å². The molecule has 0 aromatic carbocycles. The second kappa shape index (κ2) is 8.25. The minimum absolute atomic E-state index is 0.615. The van der Waals surface area contributed by atoms with Crippen molar-refractivity contribution < 1.29 is 0 Å². The highest BCUT2D eigenvalue weighted by Gasteiger charge is 2.13. The van der Waals surface area contributed by atoms with Crippen molar-refractivity contribution in [2.24, 2.45) is 11.8 Å². The van der Waals surface area contributed by atoms with Crippen molar-refractivity contribution in [2.45, 2.75) is 53.5 Å². The zero-order chi connectivity index (χ0) is 13.4. The molecule has 4 heteroatoms. The Labute approximate surface area is 111 Å². The average Bonchev–Trinajstić information content (AvgIpc) is 2.73. The van der Waals surface area contributed by atoms with Gasteiger partial charge in [0.25, 0.3) is 0 Å². The number of rotatable bonds is 9. The fraction of sp³-hybridized carbons (Fsp3) is 0.857. The van der Waals surface area contributed by atoms with E-state index in [1.807, 2.05) is 0 Å². The molecule has 0 saturated heterocycles. The van der Waals surface area contributed by atoms with Crippen LogP contribution in [0.3, 0.4) is 0 Å². The van der Waals surface area contributed by atoms with Gasteiger partial charge in [0.1, 0.15) is 12.2 Å². The second-order valence-corrected chi connectivity index (χ2v) is 5.42. The van der Waals surface area contributed by atoms with Crippen molar-refractivity contribution >= 4 is 0 Å². The Bertz CT molecular complexity index is 319. The Kier molecular flexibility index (Phi) is 6.94. The van der Waals surface area contributed by atoms with Crippen LogP contribution in [-0.2, 0) is 13.0 Å². The summed E-state index contributed by atoms with van der Waals surface area (Å²) in [5.74, 6) is 2.42. The highest BCUT2D eigenvalue weighted by Crippen LogP contribution is 2.13. The largest absolute Gasteiger partial charge is 0.317 e. The van der Waals surface area contributed by atoms with Gasteiger partial charge in [0, 0.05) is 13.0 Å². The first kappa shape index (κ1) is 15.2. The highest BCUT2D eigenvalue weighted by molar-refractivity contribution is 4.88. The van der Waals surface area contributed by atoms with Crippen LogP contribution in [-0.4, -0.2) is 27.9 Å². The van der Waals surface area contributed by atoms with E-state index < -0.39 is 0 Å². The number of nitrogens with zero attached hydrogens (tertiary/aromatic N) is 3. The van der Waals surface area contributed by atoms with Crippen LogP contribution in [0.1, 0.15) is 46.4 Å². The third kappa shape index (κ3) is 5.17. The summed E-state index contributed by atoms with van der Waals surface area (Å²) in [5, 5.41) is 7.78. The Morgan fingerprint density at radius 3 is 2.72 bits per heavy atom. The fourth-order valence-electron chi connectivity index (χ4n) is 2.24. The van der Waals surface area contributed by atoms with Crippen LogP contribution < -0.4 is 5.32 Å². The lowest BCUT2D eigenvalue weighted by Crippen LogP contribution is -2.25. The van der Waals surface area contributed by atoms with Gasteiger partial charge >= 0.3 is 0 Å². The molecule has 0 aliphatic carbocycles. The van der Waals surface area contributed by atoms with E-state index in [2.05, 4.69) is 47.8 Å². The summed E-state index contributed by atoms with van der Waals surface area (Å²) in [6, 6.07) is 0. The number of aromatic nitrogens is 3. The molecule has 18 heavy (non-hydrogen) atoms. The van der Waals surface area contributed by atoms with Gasteiger partial charge in [-0.3, -0.25) is 0 Å². The lowest BCUT2D eigenvalue weighted by atomic mass is 9.99. The van der Waals surface area contributed by atoms with E-state index in [4.69, 9.17) is 0 Å². The minimum atomic E-state index is 0.615. The standard InChI is InChI=1S/C14H28N4/c1-5-7-13(9-15-6-2)8-14-16-11-17-18(14)10-12(3)4/h11-13,15H,5-10H2,1-4H3. The molecule has 0 saturated carbocycles. The molecule has 0 amide bonds. The van der Waals surface area contributed by atoms with Crippen LogP contribution >= 0.6 is 0 Å². The van der Waals surface area contributed by atoms with Gasteiger partial charge in [0.2, 0.25) is 0 Å². The molecule has 0 spiro atoms. The van der Waals surface area contributed by atoms with E-state index >= 15 is 0 Å². The van der Waals surface area contributed by atoms with Gasteiger partial charge in [-0.05, 0) is 31.3 Å². The lowest BCUT2D eigenvalue weighted by molar-refractivity contribution is 0.406. The third-order valence-corrected chi connectivity index (χ3v) is 3.08. The van der Waals surface area contributed by atoms with Crippen LogP contribution in [0, 0.1) is 11.8 Å². The van der Waals surface area contributed by atoms with E-state index in [0.29, 0.717) is 11.8 Å². The van der Waals surface area contributed by atoms with Gasteiger partial charge in [-0.2, -0.15) is 5.10 Å². The molecule has 0 aliphatic rings. The molecular weight excluding hydrogens is 224 g/mol. The molecule has 1 atom stereocenters. The smallest absolute Gasteiger partial charge is 0.138 e. The lowest BCUT2D eigenvalue weighted by Gasteiger charge is -2.17. The van der Waals surface area contributed by atoms with Crippen LogP contribution in [0.4, 0.5) is 0 Å². The van der Waals surface area contributed by atoms with Crippen molar-refractivity contribution in [1.82, 2.24) is 20.1 Å². The van der Waals surface area contributed by atoms with Crippen molar-refractivity contribution in [2.75, 3.05) is 13.1 Å². The number of nitrogens with one attached hydrogen (secondary N) is 1. The number of hydrogen-bond donors (Lipinski definition) is 1.